The van der Waals surface area contributed by atoms with Crippen molar-refractivity contribution >= 4 is 5.82 Å². The molecule has 1 fully saturated rings. The summed E-state index contributed by atoms with van der Waals surface area (Å²) < 4.78 is 5.60. The molecule has 0 saturated carbocycles. The Morgan fingerprint density at radius 3 is 2.80 bits per heavy atom. The van der Waals surface area contributed by atoms with Gasteiger partial charge in [0, 0.05) is 38.6 Å². The van der Waals surface area contributed by atoms with Crippen molar-refractivity contribution < 1.29 is 4.74 Å². The quantitative estimate of drug-likeness (QED) is 0.890. The number of rotatable bonds is 4. The summed E-state index contributed by atoms with van der Waals surface area (Å²) in [4.78, 5) is 15.0. The molecular formula is C14H17N5O. The molecule has 2 aromatic rings. The van der Waals surface area contributed by atoms with Crippen LogP contribution in [0.15, 0.2) is 36.7 Å². The summed E-state index contributed by atoms with van der Waals surface area (Å²) in [5.74, 6) is 0.914. The smallest absolute Gasteiger partial charge is 0.318 e. The van der Waals surface area contributed by atoms with Crippen molar-refractivity contribution in [2.24, 2.45) is 0 Å². The Balaban J connectivity index is 1.65. The lowest BCUT2D eigenvalue weighted by atomic mass is 10.3. The molecule has 0 aliphatic carbocycles. The monoisotopic (exact) mass is 271 g/mol. The Hall–Kier alpha value is -2.21. The standard InChI is InChI=1S/C14H17N5O/c1-2-5-16-12(3-1)11-20-14-17-6-4-13(18-14)19-9-7-15-8-10-19/h1-6,15H,7-11H2. The van der Waals surface area contributed by atoms with E-state index in [-0.39, 0.29) is 0 Å². The maximum absolute atomic E-state index is 5.60. The number of nitrogens with one attached hydrogen (secondary N) is 1. The SMILES string of the molecule is c1ccc(COc2nccc(N3CCNCC3)n2)nc1. The first-order valence-corrected chi connectivity index (χ1v) is 6.73. The lowest BCUT2D eigenvalue weighted by Crippen LogP contribution is -2.43. The Morgan fingerprint density at radius 2 is 2.00 bits per heavy atom. The van der Waals surface area contributed by atoms with E-state index in [1.165, 1.54) is 0 Å². The molecule has 3 heterocycles. The molecule has 1 saturated heterocycles. The molecule has 0 atom stereocenters. The van der Waals surface area contributed by atoms with Crippen molar-refractivity contribution in [3.8, 4) is 6.01 Å². The van der Waals surface area contributed by atoms with E-state index in [0.29, 0.717) is 12.6 Å². The number of piperazine rings is 1. The van der Waals surface area contributed by atoms with Crippen LogP contribution in [0.4, 0.5) is 5.82 Å². The fourth-order valence-electron chi connectivity index (χ4n) is 2.09. The molecule has 6 nitrogen and oxygen atoms in total. The predicted octanol–water partition coefficient (Wildman–Crippen LogP) is 0.860. The van der Waals surface area contributed by atoms with Crippen LogP contribution in [0.25, 0.3) is 0 Å². The number of aromatic nitrogens is 3. The minimum absolute atomic E-state index is 0.381. The molecule has 2 aromatic heterocycles. The highest BCUT2D eigenvalue weighted by Crippen LogP contribution is 2.14. The third-order valence-electron chi connectivity index (χ3n) is 3.14. The van der Waals surface area contributed by atoms with Gasteiger partial charge in [-0.3, -0.25) is 4.98 Å². The van der Waals surface area contributed by atoms with E-state index in [0.717, 1.165) is 37.7 Å². The predicted molar refractivity (Wildman–Crippen MR) is 75.7 cm³/mol. The molecule has 3 rings (SSSR count). The van der Waals surface area contributed by atoms with E-state index < -0.39 is 0 Å². The van der Waals surface area contributed by atoms with Crippen LogP contribution in [0.2, 0.25) is 0 Å². The first-order valence-electron chi connectivity index (χ1n) is 6.73. The Bertz CT molecular complexity index is 542. The van der Waals surface area contributed by atoms with Crippen LogP contribution in [0.3, 0.4) is 0 Å². The summed E-state index contributed by atoms with van der Waals surface area (Å²) >= 11 is 0. The Kier molecular flexibility index (Phi) is 4.03. The fourth-order valence-corrected chi connectivity index (χ4v) is 2.09. The number of ether oxygens (including phenoxy) is 1. The third kappa shape index (κ3) is 3.21. The van der Waals surface area contributed by atoms with Crippen LogP contribution in [-0.2, 0) is 6.61 Å². The molecule has 0 radical (unpaired) electrons. The molecular weight excluding hydrogens is 254 g/mol. The number of anilines is 1. The molecule has 0 amide bonds. The first-order chi connectivity index (χ1) is 9.92. The average Bonchev–Trinajstić information content (AvgIpc) is 2.55. The van der Waals surface area contributed by atoms with Crippen molar-refractivity contribution in [3.05, 3.63) is 42.4 Å². The van der Waals surface area contributed by atoms with Gasteiger partial charge in [0.1, 0.15) is 12.4 Å². The highest BCUT2D eigenvalue weighted by Gasteiger charge is 2.12. The van der Waals surface area contributed by atoms with Gasteiger partial charge < -0.3 is 15.0 Å². The molecule has 1 N–H and O–H groups in total. The van der Waals surface area contributed by atoms with Gasteiger partial charge in [-0.1, -0.05) is 6.07 Å². The van der Waals surface area contributed by atoms with E-state index in [1.54, 1.807) is 12.4 Å². The summed E-state index contributed by atoms with van der Waals surface area (Å²) in [7, 11) is 0. The van der Waals surface area contributed by atoms with E-state index in [9.17, 15) is 0 Å². The molecule has 0 unspecified atom stereocenters. The summed E-state index contributed by atoms with van der Waals surface area (Å²) in [6, 6.07) is 8.04. The number of hydrogen-bond acceptors (Lipinski definition) is 6. The van der Waals surface area contributed by atoms with Gasteiger partial charge in [0.25, 0.3) is 0 Å². The van der Waals surface area contributed by atoms with Gasteiger partial charge in [-0.25, -0.2) is 4.98 Å². The Labute approximate surface area is 117 Å². The lowest BCUT2D eigenvalue weighted by Gasteiger charge is -2.28. The maximum Gasteiger partial charge on any atom is 0.318 e. The van der Waals surface area contributed by atoms with E-state index in [1.807, 2.05) is 24.3 Å². The van der Waals surface area contributed by atoms with Crippen LogP contribution in [0, 0.1) is 0 Å². The van der Waals surface area contributed by atoms with Crippen LogP contribution in [0.1, 0.15) is 5.69 Å². The van der Waals surface area contributed by atoms with Gasteiger partial charge in [-0.15, -0.1) is 0 Å². The van der Waals surface area contributed by atoms with Crippen LogP contribution in [-0.4, -0.2) is 41.1 Å². The zero-order chi connectivity index (χ0) is 13.6. The van der Waals surface area contributed by atoms with Crippen LogP contribution in [0.5, 0.6) is 6.01 Å². The molecule has 104 valence electrons. The van der Waals surface area contributed by atoms with Gasteiger partial charge in [0.05, 0.1) is 5.69 Å². The summed E-state index contributed by atoms with van der Waals surface area (Å²) in [5.41, 5.74) is 0.865. The van der Waals surface area contributed by atoms with Crippen LogP contribution >= 0.6 is 0 Å². The van der Waals surface area contributed by atoms with E-state index >= 15 is 0 Å². The minimum Gasteiger partial charge on any atom is -0.457 e. The van der Waals surface area contributed by atoms with Gasteiger partial charge in [0.2, 0.25) is 0 Å². The van der Waals surface area contributed by atoms with Crippen molar-refractivity contribution in [3.63, 3.8) is 0 Å². The lowest BCUT2D eigenvalue weighted by molar-refractivity contribution is 0.276. The normalized spacial score (nSPS) is 15.1. The maximum atomic E-state index is 5.60. The molecule has 1 aliphatic heterocycles. The van der Waals surface area contributed by atoms with Crippen molar-refractivity contribution in [1.82, 2.24) is 20.3 Å². The highest BCUT2D eigenvalue weighted by atomic mass is 16.5. The van der Waals surface area contributed by atoms with E-state index in [4.69, 9.17) is 4.74 Å². The molecule has 0 bridgehead atoms. The highest BCUT2D eigenvalue weighted by molar-refractivity contribution is 5.38. The van der Waals surface area contributed by atoms with Gasteiger partial charge >= 0.3 is 6.01 Å². The fraction of sp³-hybridized carbons (Fsp3) is 0.357. The van der Waals surface area contributed by atoms with Crippen molar-refractivity contribution in [2.45, 2.75) is 6.61 Å². The van der Waals surface area contributed by atoms with Crippen molar-refractivity contribution in [1.29, 1.82) is 0 Å². The summed E-state index contributed by atoms with van der Waals surface area (Å²) in [5, 5.41) is 3.32. The van der Waals surface area contributed by atoms with Crippen LogP contribution < -0.4 is 15.0 Å². The second-order valence-corrected chi connectivity index (χ2v) is 4.54. The van der Waals surface area contributed by atoms with Crippen molar-refractivity contribution in [2.75, 3.05) is 31.1 Å². The zero-order valence-corrected chi connectivity index (χ0v) is 11.2. The second-order valence-electron chi connectivity index (χ2n) is 4.54. The topological polar surface area (TPSA) is 63.2 Å². The van der Waals surface area contributed by atoms with E-state index in [2.05, 4.69) is 25.2 Å². The summed E-state index contributed by atoms with van der Waals surface area (Å²) in [6.07, 6.45) is 3.48. The second kappa shape index (κ2) is 6.29. The molecule has 0 spiro atoms. The van der Waals surface area contributed by atoms with Gasteiger partial charge in [0.15, 0.2) is 0 Å². The number of pyridine rings is 1. The number of nitrogens with zero attached hydrogens (tertiary/aromatic N) is 4. The van der Waals surface area contributed by atoms with Gasteiger partial charge in [-0.05, 0) is 18.2 Å². The third-order valence-corrected chi connectivity index (χ3v) is 3.14. The first kappa shape index (κ1) is 12.8. The number of hydrogen-bond donors (Lipinski definition) is 1. The Morgan fingerprint density at radius 1 is 1.10 bits per heavy atom. The molecule has 0 aromatic carbocycles. The molecule has 20 heavy (non-hydrogen) atoms. The minimum atomic E-state index is 0.381. The molecule has 1 aliphatic rings. The van der Waals surface area contributed by atoms with Gasteiger partial charge in [-0.2, -0.15) is 4.98 Å². The summed E-state index contributed by atoms with van der Waals surface area (Å²) in [6.45, 7) is 4.25. The zero-order valence-electron chi connectivity index (χ0n) is 11.2. The average molecular weight is 271 g/mol. The largest absolute Gasteiger partial charge is 0.457 e. The molecule has 6 heteroatoms.